The minimum atomic E-state index is -4.45. The number of amides is 1. The van der Waals surface area contributed by atoms with Crippen LogP contribution in [0.1, 0.15) is 47.8 Å². The Kier molecular flexibility index (Phi) is 4.76. The summed E-state index contributed by atoms with van der Waals surface area (Å²) >= 11 is 0. The average Bonchev–Trinajstić information content (AvgIpc) is 2.67. The van der Waals surface area contributed by atoms with E-state index in [2.05, 4.69) is 5.32 Å². The van der Waals surface area contributed by atoms with Gasteiger partial charge in [-0.25, -0.2) is 4.39 Å². The van der Waals surface area contributed by atoms with Gasteiger partial charge in [-0.15, -0.1) is 0 Å². The number of nitrogens with one attached hydrogen (secondary N) is 1. The van der Waals surface area contributed by atoms with Crippen LogP contribution in [0, 0.1) is 5.82 Å². The largest absolute Gasteiger partial charge is 0.416 e. The third-order valence-electron chi connectivity index (χ3n) is 5.52. The fraction of sp³-hybridized carbons (Fsp3) is 0.273. The highest BCUT2D eigenvalue weighted by Gasteiger charge is 2.38. The zero-order chi connectivity index (χ0) is 20.8. The van der Waals surface area contributed by atoms with E-state index in [1.165, 1.54) is 24.3 Å². The monoisotopic (exact) mass is 403 g/mol. The SMILES string of the molecule is O=C1C[C@H](c2ccc(C(F)(F)F)cc2)C2=C(C[C@H](c3ccc(F)cc3)CC2=O)N1. The molecule has 1 amide bonds. The molecule has 2 aromatic carbocycles. The Bertz CT molecular complexity index is 991. The van der Waals surface area contributed by atoms with Gasteiger partial charge in [0, 0.05) is 30.0 Å². The molecule has 1 N–H and O–H groups in total. The smallest absolute Gasteiger partial charge is 0.329 e. The van der Waals surface area contributed by atoms with E-state index in [1.807, 2.05) is 0 Å². The van der Waals surface area contributed by atoms with Crippen LogP contribution in [-0.2, 0) is 15.8 Å². The van der Waals surface area contributed by atoms with Gasteiger partial charge in [-0.3, -0.25) is 9.59 Å². The summed E-state index contributed by atoms with van der Waals surface area (Å²) in [7, 11) is 0. The number of hydrogen-bond donors (Lipinski definition) is 1. The Hall–Kier alpha value is -2.96. The van der Waals surface area contributed by atoms with E-state index in [4.69, 9.17) is 0 Å². The summed E-state index contributed by atoms with van der Waals surface area (Å²) in [6, 6.07) is 10.5. The summed E-state index contributed by atoms with van der Waals surface area (Å²) in [6.45, 7) is 0. The van der Waals surface area contributed by atoms with Crippen molar-refractivity contribution in [3.8, 4) is 0 Å². The van der Waals surface area contributed by atoms with Gasteiger partial charge in [0.25, 0.3) is 0 Å². The van der Waals surface area contributed by atoms with E-state index in [1.54, 1.807) is 12.1 Å². The lowest BCUT2D eigenvalue weighted by molar-refractivity contribution is -0.137. The molecule has 1 heterocycles. The number of carbonyl (C=O) groups is 2. The molecule has 0 saturated carbocycles. The van der Waals surface area contributed by atoms with Crippen molar-refractivity contribution in [2.75, 3.05) is 0 Å². The Balaban J connectivity index is 1.67. The maximum atomic E-state index is 13.2. The first-order chi connectivity index (χ1) is 13.7. The van der Waals surface area contributed by atoms with Gasteiger partial charge < -0.3 is 5.32 Å². The number of alkyl halides is 3. The lowest BCUT2D eigenvalue weighted by atomic mass is 9.73. The average molecular weight is 403 g/mol. The number of carbonyl (C=O) groups excluding carboxylic acids is 2. The van der Waals surface area contributed by atoms with Crippen molar-refractivity contribution in [1.29, 1.82) is 0 Å². The van der Waals surface area contributed by atoms with Crippen molar-refractivity contribution in [1.82, 2.24) is 5.32 Å². The van der Waals surface area contributed by atoms with Crippen LogP contribution in [0.5, 0.6) is 0 Å². The van der Waals surface area contributed by atoms with E-state index >= 15 is 0 Å². The molecule has 0 spiro atoms. The van der Waals surface area contributed by atoms with Crippen molar-refractivity contribution in [2.45, 2.75) is 37.3 Å². The van der Waals surface area contributed by atoms with Gasteiger partial charge in [0.05, 0.1) is 5.56 Å². The fourth-order valence-electron chi connectivity index (χ4n) is 4.12. The first-order valence-electron chi connectivity index (χ1n) is 9.21. The third-order valence-corrected chi connectivity index (χ3v) is 5.52. The van der Waals surface area contributed by atoms with Crippen LogP contribution in [-0.4, -0.2) is 11.7 Å². The van der Waals surface area contributed by atoms with Crippen LogP contribution in [0.15, 0.2) is 59.8 Å². The topological polar surface area (TPSA) is 46.2 Å². The van der Waals surface area contributed by atoms with E-state index in [0.29, 0.717) is 23.3 Å². The van der Waals surface area contributed by atoms with Gasteiger partial charge in [0.15, 0.2) is 5.78 Å². The summed E-state index contributed by atoms with van der Waals surface area (Å²) in [6.07, 6.45) is -3.82. The zero-order valence-electron chi connectivity index (χ0n) is 15.2. The molecule has 0 saturated heterocycles. The number of halogens is 4. The molecule has 0 fully saturated rings. The van der Waals surface area contributed by atoms with Gasteiger partial charge in [0.1, 0.15) is 5.82 Å². The Morgan fingerprint density at radius 3 is 2.07 bits per heavy atom. The summed E-state index contributed by atoms with van der Waals surface area (Å²) in [4.78, 5) is 25.2. The summed E-state index contributed by atoms with van der Waals surface area (Å²) < 4.78 is 51.7. The molecule has 150 valence electrons. The van der Waals surface area contributed by atoms with Gasteiger partial charge >= 0.3 is 6.18 Å². The number of allylic oxidation sites excluding steroid dienone is 2. The van der Waals surface area contributed by atoms with Crippen molar-refractivity contribution in [3.05, 3.63) is 82.3 Å². The number of benzene rings is 2. The van der Waals surface area contributed by atoms with Crippen LogP contribution in [0.3, 0.4) is 0 Å². The molecule has 1 aliphatic carbocycles. The third kappa shape index (κ3) is 3.81. The van der Waals surface area contributed by atoms with Crippen molar-refractivity contribution in [3.63, 3.8) is 0 Å². The molecule has 0 unspecified atom stereocenters. The Morgan fingerprint density at radius 1 is 0.828 bits per heavy atom. The predicted octanol–water partition coefficient (Wildman–Crippen LogP) is 4.85. The standard InChI is InChI=1S/C22H17F4NO2/c23-16-7-3-12(4-8-16)14-9-18-21(19(28)10-14)17(11-20(29)27-18)13-1-5-15(6-2-13)22(24,25)26/h1-8,14,17H,9-11H2,(H,27,29)/t14-,17+/m0/s1. The highest BCUT2D eigenvalue weighted by Crippen LogP contribution is 2.43. The van der Waals surface area contributed by atoms with Gasteiger partial charge in [-0.2, -0.15) is 13.2 Å². The second kappa shape index (κ2) is 7.13. The molecule has 4 rings (SSSR count). The predicted molar refractivity (Wildman–Crippen MR) is 97.4 cm³/mol. The molecule has 1 aliphatic heterocycles. The fourth-order valence-corrected chi connectivity index (χ4v) is 4.12. The van der Waals surface area contributed by atoms with E-state index in [0.717, 1.165) is 17.7 Å². The van der Waals surface area contributed by atoms with Crippen LogP contribution < -0.4 is 5.32 Å². The highest BCUT2D eigenvalue weighted by molar-refractivity contribution is 6.02. The molecular formula is C22H17F4NO2. The van der Waals surface area contributed by atoms with Crippen molar-refractivity contribution >= 4 is 11.7 Å². The first kappa shape index (κ1) is 19.4. The second-order valence-corrected chi connectivity index (χ2v) is 7.40. The van der Waals surface area contributed by atoms with Crippen molar-refractivity contribution < 1.29 is 27.2 Å². The minimum Gasteiger partial charge on any atom is -0.329 e. The quantitative estimate of drug-likeness (QED) is 0.729. The van der Waals surface area contributed by atoms with Gasteiger partial charge in [-0.1, -0.05) is 24.3 Å². The summed E-state index contributed by atoms with van der Waals surface area (Å²) in [5, 5.41) is 2.76. The molecule has 29 heavy (non-hydrogen) atoms. The van der Waals surface area contributed by atoms with Crippen LogP contribution in [0.2, 0.25) is 0 Å². The molecule has 0 bridgehead atoms. The number of ketones is 1. The van der Waals surface area contributed by atoms with Gasteiger partial charge in [-0.05, 0) is 47.7 Å². The van der Waals surface area contributed by atoms with E-state index in [-0.39, 0.29) is 36.3 Å². The zero-order valence-corrected chi connectivity index (χ0v) is 15.2. The molecule has 2 aliphatic rings. The Labute approximate surface area is 164 Å². The highest BCUT2D eigenvalue weighted by atomic mass is 19.4. The minimum absolute atomic E-state index is 0.0111. The van der Waals surface area contributed by atoms with Gasteiger partial charge in [0.2, 0.25) is 5.91 Å². The lowest BCUT2D eigenvalue weighted by Crippen LogP contribution is -2.38. The number of Topliss-reactive ketones (excluding diaryl/α,β-unsaturated/α-hetero) is 1. The van der Waals surface area contributed by atoms with Crippen molar-refractivity contribution in [2.24, 2.45) is 0 Å². The molecule has 2 atom stereocenters. The second-order valence-electron chi connectivity index (χ2n) is 7.40. The molecular weight excluding hydrogens is 386 g/mol. The normalized spacial score (nSPS) is 22.3. The molecule has 7 heteroatoms. The van der Waals surface area contributed by atoms with Crippen LogP contribution in [0.4, 0.5) is 17.6 Å². The molecule has 3 nitrogen and oxygen atoms in total. The number of hydrogen-bond acceptors (Lipinski definition) is 2. The molecule has 2 aromatic rings. The van der Waals surface area contributed by atoms with E-state index in [9.17, 15) is 27.2 Å². The summed E-state index contributed by atoms with van der Waals surface area (Å²) in [5.74, 6) is -1.55. The maximum Gasteiger partial charge on any atom is 0.416 e. The van der Waals surface area contributed by atoms with E-state index < -0.39 is 17.7 Å². The lowest BCUT2D eigenvalue weighted by Gasteiger charge is -2.34. The first-order valence-corrected chi connectivity index (χ1v) is 9.21. The number of rotatable bonds is 2. The summed E-state index contributed by atoms with van der Waals surface area (Å²) in [5.41, 5.74) is 1.51. The van der Waals surface area contributed by atoms with Crippen LogP contribution >= 0.6 is 0 Å². The Morgan fingerprint density at radius 2 is 1.45 bits per heavy atom. The molecule has 0 aromatic heterocycles. The maximum absolute atomic E-state index is 13.2. The molecule has 0 radical (unpaired) electrons. The van der Waals surface area contributed by atoms with Crippen LogP contribution in [0.25, 0.3) is 0 Å².